The van der Waals surface area contributed by atoms with Crippen molar-refractivity contribution in [1.29, 1.82) is 0 Å². The smallest absolute Gasteiger partial charge is 0.267 e. The van der Waals surface area contributed by atoms with Crippen molar-refractivity contribution in [2.75, 3.05) is 51.3 Å². The Morgan fingerprint density at radius 2 is 1.89 bits per heavy atom. The molecule has 1 fully saturated rings. The number of ketones is 1. The molecule has 0 radical (unpaired) electrons. The number of aliphatic hydroxyl groups excluding tert-OH is 1. The van der Waals surface area contributed by atoms with Crippen molar-refractivity contribution in [3.63, 3.8) is 0 Å². The lowest BCUT2D eigenvalue weighted by atomic mass is 10.0. The van der Waals surface area contributed by atoms with Gasteiger partial charge in [0.05, 0.1) is 12.3 Å². The summed E-state index contributed by atoms with van der Waals surface area (Å²) in [5.74, 6) is 0.254. The van der Waals surface area contributed by atoms with Gasteiger partial charge < -0.3 is 19.6 Å². The Kier molecular flexibility index (Phi) is 6.31. The fourth-order valence-corrected chi connectivity index (χ4v) is 3.57. The van der Waals surface area contributed by atoms with Gasteiger partial charge in [0, 0.05) is 58.2 Å². The van der Waals surface area contributed by atoms with Crippen LogP contribution >= 0.6 is 0 Å². The summed E-state index contributed by atoms with van der Waals surface area (Å²) >= 11 is 0. The van der Waals surface area contributed by atoms with Gasteiger partial charge >= 0.3 is 0 Å². The first-order valence-corrected chi connectivity index (χ1v) is 9.63. The molecule has 2 amide bonds. The van der Waals surface area contributed by atoms with E-state index in [9.17, 15) is 14.4 Å². The third kappa shape index (κ3) is 4.34. The summed E-state index contributed by atoms with van der Waals surface area (Å²) in [7, 11) is 1.66. The molecule has 1 aromatic carbocycles. The number of piperazine rings is 1. The molecule has 1 unspecified atom stereocenters. The summed E-state index contributed by atoms with van der Waals surface area (Å²) in [4.78, 5) is 42.4. The second kappa shape index (κ2) is 8.70. The number of hydrogen-bond donors (Lipinski definition) is 1. The molecule has 1 N–H and O–H groups in total. The van der Waals surface area contributed by atoms with E-state index in [1.807, 2.05) is 0 Å². The Morgan fingerprint density at radius 3 is 2.57 bits per heavy atom. The highest BCUT2D eigenvalue weighted by atomic mass is 16.5. The van der Waals surface area contributed by atoms with E-state index < -0.39 is 6.10 Å². The first-order chi connectivity index (χ1) is 13.4. The lowest BCUT2D eigenvalue weighted by Crippen LogP contribution is -2.49. The normalized spacial score (nSPS) is 20.0. The number of fused-ring (bicyclic) bond motifs is 1. The molecule has 0 spiro atoms. The van der Waals surface area contributed by atoms with Crippen molar-refractivity contribution < 1.29 is 24.2 Å². The van der Waals surface area contributed by atoms with Crippen LogP contribution in [0.25, 0.3) is 0 Å². The number of benzene rings is 1. The van der Waals surface area contributed by atoms with E-state index in [1.165, 1.54) is 4.90 Å². The van der Waals surface area contributed by atoms with E-state index >= 15 is 0 Å². The van der Waals surface area contributed by atoms with Crippen LogP contribution in [0.5, 0.6) is 5.75 Å². The molecule has 1 saturated heterocycles. The summed E-state index contributed by atoms with van der Waals surface area (Å²) in [6, 6.07) is 5.03. The molecular weight excluding hydrogens is 362 g/mol. The number of aliphatic hydroxyl groups is 1. The fraction of sp³-hybridized carbons (Fsp3) is 0.550. The zero-order chi connectivity index (χ0) is 20.3. The highest BCUT2D eigenvalue weighted by Gasteiger charge is 2.29. The van der Waals surface area contributed by atoms with E-state index in [0.29, 0.717) is 36.6 Å². The molecule has 0 bridgehead atoms. The Bertz CT molecular complexity index is 758. The van der Waals surface area contributed by atoms with Crippen molar-refractivity contribution in [2.45, 2.75) is 25.9 Å². The Labute approximate surface area is 164 Å². The summed E-state index contributed by atoms with van der Waals surface area (Å²) in [6.07, 6.45) is -0.253. The van der Waals surface area contributed by atoms with Crippen molar-refractivity contribution in [3.05, 3.63) is 23.8 Å². The Hall–Kier alpha value is -2.45. The van der Waals surface area contributed by atoms with Crippen LogP contribution in [-0.2, 0) is 9.59 Å². The number of β-amino-alcohol motifs (C(OH)–C–C–N with tert-alkyl or cyclic N) is 1. The minimum Gasteiger partial charge on any atom is -0.479 e. The van der Waals surface area contributed by atoms with Gasteiger partial charge in [-0.05, 0) is 25.1 Å². The van der Waals surface area contributed by atoms with E-state index in [2.05, 4.69) is 4.90 Å². The molecule has 152 valence electrons. The summed E-state index contributed by atoms with van der Waals surface area (Å²) in [5.41, 5.74) is 1.04. The van der Waals surface area contributed by atoms with E-state index in [4.69, 9.17) is 9.84 Å². The third-order valence-electron chi connectivity index (χ3n) is 5.33. The van der Waals surface area contributed by atoms with Crippen molar-refractivity contribution in [1.82, 2.24) is 9.80 Å². The number of anilines is 1. The topological polar surface area (TPSA) is 90.4 Å². The number of nitrogens with zero attached hydrogens (tertiary/aromatic N) is 3. The maximum Gasteiger partial charge on any atom is 0.267 e. The van der Waals surface area contributed by atoms with Crippen LogP contribution in [0.3, 0.4) is 0 Å². The van der Waals surface area contributed by atoms with Gasteiger partial charge in [-0.2, -0.15) is 0 Å². The Morgan fingerprint density at radius 1 is 1.18 bits per heavy atom. The van der Waals surface area contributed by atoms with Crippen molar-refractivity contribution in [3.8, 4) is 5.75 Å². The number of ether oxygens (including phenoxy) is 1. The molecule has 2 aliphatic heterocycles. The second-order valence-corrected chi connectivity index (χ2v) is 7.21. The molecule has 0 aromatic heterocycles. The van der Waals surface area contributed by atoms with Gasteiger partial charge in [0.1, 0.15) is 5.75 Å². The average Bonchev–Trinajstić information content (AvgIpc) is 2.70. The van der Waals surface area contributed by atoms with Gasteiger partial charge in [-0.15, -0.1) is 0 Å². The van der Waals surface area contributed by atoms with Crippen LogP contribution in [0, 0.1) is 0 Å². The van der Waals surface area contributed by atoms with Gasteiger partial charge in [0.2, 0.25) is 5.91 Å². The van der Waals surface area contributed by atoms with Gasteiger partial charge in [-0.1, -0.05) is 0 Å². The summed E-state index contributed by atoms with van der Waals surface area (Å²) in [6.45, 7) is 5.15. The minimum atomic E-state index is -0.547. The van der Waals surface area contributed by atoms with E-state index in [1.54, 1.807) is 37.1 Å². The molecule has 1 atom stereocenters. The maximum atomic E-state index is 12.6. The summed E-state index contributed by atoms with van der Waals surface area (Å²) in [5, 5.41) is 8.98. The highest BCUT2D eigenvalue weighted by molar-refractivity contribution is 6.03. The number of carbonyl (C=O) groups excluding carboxylic acids is 3. The lowest BCUT2D eigenvalue weighted by molar-refractivity contribution is -0.133. The monoisotopic (exact) mass is 389 g/mol. The molecule has 28 heavy (non-hydrogen) atoms. The van der Waals surface area contributed by atoms with Gasteiger partial charge in [-0.3, -0.25) is 19.3 Å². The first kappa shape index (κ1) is 20.3. The standard InChI is InChI=1S/C20H27N3O5/c1-14-20(27)21(2)16-13-15(3-5-18(16)28-14)17(25)4-6-19(26)23-9-7-22(8-10-23)11-12-24/h3,5,13-14,24H,4,6-12H2,1-2H3. The van der Waals surface area contributed by atoms with Crippen LogP contribution in [0.15, 0.2) is 18.2 Å². The Balaban J connectivity index is 1.56. The van der Waals surface area contributed by atoms with Crippen LogP contribution in [-0.4, -0.2) is 85.0 Å². The quantitative estimate of drug-likeness (QED) is 0.714. The zero-order valence-corrected chi connectivity index (χ0v) is 16.4. The number of amides is 2. The molecule has 8 heteroatoms. The van der Waals surface area contributed by atoms with Crippen LogP contribution < -0.4 is 9.64 Å². The van der Waals surface area contributed by atoms with Gasteiger partial charge in [-0.25, -0.2) is 0 Å². The molecule has 3 rings (SSSR count). The first-order valence-electron chi connectivity index (χ1n) is 9.63. The molecule has 2 aliphatic rings. The summed E-state index contributed by atoms with van der Waals surface area (Å²) < 4.78 is 5.57. The van der Waals surface area contributed by atoms with E-state index in [0.717, 1.165) is 13.1 Å². The second-order valence-electron chi connectivity index (χ2n) is 7.21. The van der Waals surface area contributed by atoms with Gasteiger partial charge in [0.15, 0.2) is 11.9 Å². The number of Topliss-reactive ketones (excluding diaryl/α,β-unsaturated/α-hetero) is 1. The van der Waals surface area contributed by atoms with Crippen LogP contribution in [0.2, 0.25) is 0 Å². The number of carbonyl (C=O) groups is 3. The number of rotatable bonds is 6. The molecule has 1 aromatic rings. The van der Waals surface area contributed by atoms with Crippen molar-refractivity contribution >= 4 is 23.3 Å². The SMILES string of the molecule is CC1Oc2ccc(C(=O)CCC(=O)N3CCN(CCO)CC3)cc2N(C)C1=O. The predicted molar refractivity (Wildman–Crippen MR) is 104 cm³/mol. The third-order valence-corrected chi connectivity index (χ3v) is 5.33. The van der Waals surface area contributed by atoms with Crippen LogP contribution in [0.1, 0.15) is 30.1 Å². The molecule has 8 nitrogen and oxygen atoms in total. The maximum absolute atomic E-state index is 12.6. The molecular formula is C20H27N3O5. The number of hydrogen-bond acceptors (Lipinski definition) is 6. The number of likely N-dealkylation sites (N-methyl/N-ethyl adjacent to an activating group) is 1. The minimum absolute atomic E-state index is 0.0283. The lowest BCUT2D eigenvalue weighted by Gasteiger charge is -2.34. The molecule has 0 saturated carbocycles. The fourth-order valence-electron chi connectivity index (χ4n) is 3.57. The average molecular weight is 389 g/mol. The van der Waals surface area contributed by atoms with Gasteiger partial charge in [0.25, 0.3) is 5.91 Å². The molecule has 0 aliphatic carbocycles. The highest BCUT2D eigenvalue weighted by Crippen LogP contribution is 2.34. The molecule has 2 heterocycles. The van der Waals surface area contributed by atoms with Crippen LogP contribution in [0.4, 0.5) is 5.69 Å². The van der Waals surface area contributed by atoms with E-state index in [-0.39, 0.29) is 37.0 Å². The van der Waals surface area contributed by atoms with Crippen molar-refractivity contribution in [2.24, 2.45) is 0 Å². The largest absolute Gasteiger partial charge is 0.479 e. The predicted octanol–water partition coefficient (Wildman–Crippen LogP) is 0.530. The zero-order valence-electron chi connectivity index (χ0n) is 16.4.